The molecule has 0 spiro atoms. The van der Waals surface area contributed by atoms with Crippen LogP contribution in [-0.2, 0) is 25.4 Å². The molecule has 1 aliphatic rings. The molecule has 0 aliphatic carbocycles. The van der Waals surface area contributed by atoms with Crippen LogP contribution in [0.4, 0.5) is 0 Å². The number of aromatic nitrogens is 4. The number of piperazine rings is 1. The van der Waals surface area contributed by atoms with Gasteiger partial charge in [0.05, 0.1) is 12.4 Å². The number of carbonyl (C=O) groups excluding carboxylic acids is 1. The lowest BCUT2D eigenvalue weighted by atomic mass is 10.0. The summed E-state index contributed by atoms with van der Waals surface area (Å²) in [5.74, 6) is -0.243. The van der Waals surface area contributed by atoms with E-state index < -0.39 is 11.2 Å². The minimum absolute atomic E-state index is 0.123. The third-order valence-corrected chi connectivity index (χ3v) is 5.58. The summed E-state index contributed by atoms with van der Waals surface area (Å²) in [5.41, 5.74) is 0.613. The molecule has 0 radical (unpaired) electrons. The number of fused-ring (bicyclic) bond motifs is 1. The van der Waals surface area contributed by atoms with Crippen LogP contribution in [0.25, 0.3) is 11.2 Å². The second-order valence-corrected chi connectivity index (χ2v) is 7.54. The number of likely N-dealkylation sites (N-methyl/N-ethyl adjacent to an activating group) is 1. The van der Waals surface area contributed by atoms with E-state index in [-0.39, 0.29) is 18.5 Å². The number of benzene rings is 1. The van der Waals surface area contributed by atoms with E-state index in [1.54, 1.807) is 23.6 Å². The van der Waals surface area contributed by atoms with Crippen LogP contribution >= 0.6 is 0 Å². The molecule has 4 rings (SSSR count). The van der Waals surface area contributed by atoms with Crippen molar-refractivity contribution >= 4 is 17.1 Å². The van der Waals surface area contributed by atoms with Gasteiger partial charge in [0.15, 0.2) is 11.2 Å². The van der Waals surface area contributed by atoms with Crippen molar-refractivity contribution in [2.24, 2.45) is 14.1 Å². The number of rotatable bonds is 3. The predicted molar refractivity (Wildman–Crippen MR) is 109 cm³/mol. The fourth-order valence-electron chi connectivity index (χ4n) is 3.94. The highest BCUT2D eigenvalue weighted by Gasteiger charge is 2.31. The molecule has 1 aliphatic heterocycles. The molecule has 9 heteroatoms. The summed E-state index contributed by atoms with van der Waals surface area (Å²) in [4.78, 5) is 46.9. The minimum Gasteiger partial charge on any atom is -0.332 e. The Balaban J connectivity index is 1.71. The number of amides is 1. The number of carbonyl (C=O) groups is 1. The van der Waals surface area contributed by atoms with Crippen molar-refractivity contribution in [1.82, 2.24) is 28.5 Å². The van der Waals surface area contributed by atoms with Crippen molar-refractivity contribution in [3.8, 4) is 0 Å². The average Bonchev–Trinajstić information content (AvgIpc) is 3.11. The van der Waals surface area contributed by atoms with E-state index in [1.165, 1.54) is 10.9 Å². The van der Waals surface area contributed by atoms with Gasteiger partial charge in [-0.3, -0.25) is 14.2 Å². The van der Waals surface area contributed by atoms with E-state index in [1.807, 2.05) is 37.4 Å². The zero-order chi connectivity index (χ0) is 20.7. The first kappa shape index (κ1) is 19.1. The first-order chi connectivity index (χ1) is 13.9. The Labute approximate surface area is 167 Å². The maximum Gasteiger partial charge on any atom is 0.332 e. The van der Waals surface area contributed by atoms with Gasteiger partial charge >= 0.3 is 5.69 Å². The lowest BCUT2D eigenvalue weighted by Crippen LogP contribution is -2.52. The first-order valence-electron chi connectivity index (χ1n) is 9.52. The topological polar surface area (TPSA) is 85.4 Å². The number of nitrogens with zero attached hydrogens (tertiary/aromatic N) is 6. The summed E-state index contributed by atoms with van der Waals surface area (Å²) in [6.07, 6.45) is 1.49. The molecule has 0 N–H and O–H groups in total. The molecule has 1 aromatic carbocycles. The van der Waals surface area contributed by atoms with Crippen LogP contribution in [0.15, 0.2) is 46.2 Å². The van der Waals surface area contributed by atoms with Crippen LogP contribution in [0.5, 0.6) is 0 Å². The largest absolute Gasteiger partial charge is 0.332 e. The summed E-state index contributed by atoms with van der Waals surface area (Å²) in [7, 11) is 5.27. The van der Waals surface area contributed by atoms with E-state index >= 15 is 0 Å². The van der Waals surface area contributed by atoms with Gasteiger partial charge < -0.3 is 14.4 Å². The monoisotopic (exact) mass is 396 g/mol. The van der Waals surface area contributed by atoms with Gasteiger partial charge in [-0.2, -0.15) is 0 Å². The van der Waals surface area contributed by atoms with Gasteiger partial charge in [-0.1, -0.05) is 30.3 Å². The molecule has 3 aromatic rings. The smallest absolute Gasteiger partial charge is 0.332 e. The van der Waals surface area contributed by atoms with Crippen LogP contribution in [0.1, 0.15) is 11.6 Å². The van der Waals surface area contributed by atoms with Gasteiger partial charge in [0.25, 0.3) is 5.56 Å². The zero-order valence-electron chi connectivity index (χ0n) is 16.8. The standard InChI is InChI=1S/C20H24N6O3/c1-22-9-10-25(15(11-22)14-7-5-4-6-8-14)16(27)12-26-19(28)17-18(21-13-23(17)2)24(3)20(26)29/h4-8,13,15H,9-12H2,1-3H3. The van der Waals surface area contributed by atoms with Gasteiger partial charge in [0, 0.05) is 33.7 Å². The lowest BCUT2D eigenvalue weighted by Gasteiger charge is -2.40. The summed E-state index contributed by atoms with van der Waals surface area (Å²) in [6, 6.07) is 9.71. The van der Waals surface area contributed by atoms with Crippen molar-refractivity contribution in [3.05, 3.63) is 63.1 Å². The molecule has 3 heterocycles. The molecule has 9 nitrogen and oxygen atoms in total. The quantitative estimate of drug-likeness (QED) is 0.620. The molecule has 152 valence electrons. The Morgan fingerprint density at radius 1 is 1.10 bits per heavy atom. The molecule has 1 amide bonds. The molecule has 1 atom stereocenters. The Morgan fingerprint density at radius 2 is 1.83 bits per heavy atom. The second kappa shape index (κ2) is 7.32. The summed E-state index contributed by atoms with van der Waals surface area (Å²) >= 11 is 0. The SMILES string of the molecule is CN1CCN(C(=O)Cn2c(=O)c3c(ncn3C)n(C)c2=O)C(c2ccccc2)C1. The van der Waals surface area contributed by atoms with E-state index in [9.17, 15) is 14.4 Å². The molecular weight excluding hydrogens is 372 g/mol. The van der Waals surface area contributed by atoms with Crippen molar-refractivity contribution in [2.45, 2.75) is 12.6 Å². The average molecular weight is 396 g/mol. The third kappa shape index (κ3) is 3.27. The molecule has 0 saturated carbocycles. The van der Waals surface area contributed by atoms with Crippen LogP contribution in [0.2, 0.25) is 0 Å². The van der Waals surface area contributed by atoms with E-state index in [0.29, 0.717) is 24.3 Å². The summed E-state index contributed by atoms with van der Waals surface area (Å²) in [5, 5.41) is 0. The third-order valence-electron chi connectivity index (χ3n) is 5.58. The molecule has 2 aromatic heterocycles. The number of hydrogen-bond donors (Lipinski definition) is 0. The Hall–Kier alpha value is -3.20. The lowest BCUT2D eigenvalue weighted by molar-refractivity contribution is -0.137. The van der Waals surface area contributed by atoms with Gasteiger partial charge in [-0.25, -0.2) is 14.3 Å². The maximum atomic E-state index is 13.2. The van der Waals surface area contributed by atoms with Crippen molar-refractivity contribution < 1.29 is 4.79 Å². The molecule has 29 heavy (non-hydrogen) atoms. The Bertz CT molecular complexity index is 1180. The molecule has 1 unspecified atom stereocenters. The molecule has 0 bridgehead atoms. The van der Waals surface area contributed by atoms with Gasteiger partial charge in [0.1, 0.15) is 6.54 Å². The van der Waals surface area contributed by atoms with Gasteiger partial charge in [-0.15, -0.1) is 0 Å². The van der Waals surface area contributed by atoms with Crippen molar-refractivity contribution in [3.63, 3.8) is 0 Å². The highest BCUT2D eigenvalue weighted by Crippen LogP contribution is 2.25. The van der Waals surface area contributed by atoms with Crippen LogP contribution in [-0.4, -0.2) is 61.1 Å². The number of imidazole rings is 1. The van der Waals surface area contributed by atoms with E-state index in [4.69, 9.17) is 0 Å². The molecular formula is C20H24N6O3. The number of hydrogen-bond acceptors (Lipinski definition) is 5. The predicted octanol–water partition coefficient (Wildman–Crippen LogP) is -0.0510. The fraction of sp³-hybridized carbons (Fsp3) is 0.400. The molecule has 1 fully saturated rings. The van der Waals surface area contributed by atoms with Crippen LogP contribution < -0.4 is 11.2 Å². The van der Waals surface area contributed by atoms with Crippen LogP contribution in [0.3, 0.4) is 0 Å². The van der Waals surface area contributed by atoms with E-state index in [2.05, 4.69) is 9.88 Å². The van der Waals surface area contributed by atoms with Crippen molar-refractivity contribution in [2.75, 3.05) is 26.7 Å². The Morgan fingerprint density at radius 3 is 2.55 bits per heavy atom. The summed E-state index contributed by atoms with van der Waals surface area (Å²) < 4.78 is 3.89. The Kier molecular flexibility index (Phi) is 4.83. The summed E-state index contributed by atoms with van der Waals surface area (Å²) in [6.45, 7) is 1.68. The highest BCUT2D eigenvalue weighted by atomic mass is 16.2. The normalized spacial score (nSPS) is 17.8. The zero-order valence-corrected chi connectivity index (χ0v) is 16.8. The van der Waals surface area contributed by atoms with Crippen molar-refractivity contribution in [1.29, 1.82) is 0 Å². The highest BCUT2D eigenvalue weighted by molar-refractivity contribution is 5.77. The second-order valence-electron chi connectivity index (χ2n) is 7.54. The van der Waals surface area contributed by atoms with Crippen LogP contribution in [0, 0.1) is 0 Å². The molecule has 1 saturated heterocycles. The van der Waals surface area contributed by atoms with Gasteiger partial charge in [0.2, 0.25) is 5.91 Å². The first-order valence-corrected chi connectivity index (χ1v) is 9.52. The fourth-order valence-corrected chi connectivity index (χ4v) is 3.94. The maximum absolute atomic E-state index is 13.2. The van der Waals surface area contributed by atoms with E-state index in [0.717, 1.165) is 16.7 Å². The number of aryl methyl sites for hydroxylation is 2. The minimum atomic E-state index is -0.542. The van der Waals surface area contributed by atoms with Gasteiger partial charge in [-0.05, 0) is 12.6 Å².